The van der Waals surface area contributed by atoms with Crippen LogP contribution in [-0.4, -0.2) is 17.4 Å². The number of amides is 1. The summed E-state index contributed by atoms with van der Waals surface area (Å²) in [6.07, 6.45) is 4.17. The van der Waals surface area contributed by atoms with Crippen LogP contribution in [-0.2, 0) is 0 Å². The minimum Gasteiger partial charge on any atom is -0.350 e. The van der Waals surface area contributed by atoms with Gasteiger partial charge in [-0.25, -0.2) is 0 Å². The number of hydrogen-bond donors (Lipinski definition) is 1. The molecule has 0 bridgehead atoms. The molecule has 0 aliphatic carbocycles. The first-order chi connectivity index (χ1) is 6.75. The molecule has 1 rings (SSSR count). The highest BCUT2D eigenvalue weighted by Gasteiger charge is 2.07. The van der Waals surface area contributed by atoms with Crippen LogP contribution < -0.4 is 5.32 Å². The lowest BCUT2D eigenvalue weighted by molar-refractivity contribution is 0.0949. The number of carbonyl (C=O) groups is 1. The SMILES string of the molecule is C=CCCNC(=O)c1ncccc1C. The van der Waals surface area contributed by atoms with Crippen LogP contribution in [0, 0.1) is 6.92 Å². The van der Waals surface area contributed by atoms with Gasteiger partial charge >= 0.3 is 0 Å². The summed E-state index contributed by atoms with van der Waals surface area (Å²) in [5, 5.41) is 2.77. The summed E-state index contributed by atoms with van der Waals surface area (Å²) in [5.74, 6) is -0.120. The molecule has 1 aromatic rings. The number of nitrogens with one attached hydrogen (secondary N) is 1. The third-order valence-corrected chi connectivity index (χ3v) is 1.86. The van der Waals surface area contributed by atoms with Crippen LogP contribution in [0.25, 0.3) is 0 Å². The van der Waals surface area contributed by atoms with Gasteiger partial charge in [0.2, 0.25) is 0 Å². The van der Waals surface area contributed by atoms with Crippen molar-refractivity contribution in [2.24, 2.45) is 0 Å². The number of carbonyl (C=O) groups excluding carboxylic acids is 1. The highest BCUT2D eigenvalue weighted by Crippen LogP contribution is 2.02. The number of nitrogens with zero attached hydrogens (tertiary/aromatic N) is 1. The number of aryl methyl sites for hydroxylation is 1. The summed E-state index contributed by atoms with van der Waals surface area (Å²) >= 11 is 0. The quantitative estimate of drug-likeness (QED) is 0.580. The second-order valence-electron chi connectivity index (χ2n) is 3.00. The van der Waals surface area contributed by atoms with Crippen LogP contribution >= 0.6 is 0 Å². The lowest BCUT2D eigenvalue weighted by Crippen LogP contribution is -2.25. The maximum Gasteiger partial charge on any atom is 0.270 e. The molecule has 0 aliphatic rings. The molecule has 0 atom stereocenters. The minimum absolute atomic E-state index is 0.120. The number of hydrogen-bond acceptors (Lipinski definition) is 2. The van der Waals surface area contributed by atoms with E-state index >= 15 is 0 Å². The number of aromatic nitrogens is 1. The highest BCUT2D eigenvalue weighted by molar-refractivity contribution is 5.93. The maximum atomic E-state index is 11.5. The lowest BCUT2D eigenvalue weighted by atomic mass is 10.2. The predicted molar refractivity (Wildman–Crippen MR) is 56.1 cm³/mol. The van der Waals surface area contributed by atoms with Crippen molar-refractivity contribution in [2.45, 2.75) is 13.3 Å². The Bertz CT molecular complexity index is 334. The molecule has 14 heavy (non-hydrogen) atoms. The Morgan fingerprint density at radius 1 is 1.71 bits per heavy atom. The van der Waals surface area contributed by atoms with Gasteiger partial charge in [-0.3, -0.25) is 9.78 Å². The van der Waals surface area contributed by atoms with E-state index in [0.717, 1.165) is 12.0 Å². The molecule has 1 amide bonds. The average Bonchev–Trinajstić information content (AvgIpc) is 2.18. The molecule has 0 spiro atoms. The van der Waals surface area contributed by atoms with Crippen molar-refractivity contribution in [1.82, 2.24) is 10.3 Å². The fourth-order valence-corrected chi connectivity index (χ4v) is 1.09. The molecule has 0 saturated heterocycles. The Morgan fingerprint density at radius 3 is 3.14 bits per heavy atom. The van der Waals surface area contributed by atoms with Crippen LogP contribution in [0.4, 0.5) is 0 Å². The molecule has 74 valence electrons. The van der Waals surface area contributed by atoms with Gasteiger partial charge in [0, 0.05) is 12.7 Å². The van der Waals surface area contributed by atoms with Crippen molar-refractivity contribution >= 4 is 5.91 Å². The standard InChI is InChI=1S/C11H14N2O/c1-3-4-7-13-11(14)10-9(2)6-5-8-12-10/h3,5-6,8H,1,4,7H2,2H3,(H,13,14). The molecule has 1 aromatic heterocycles. The summed E-state index contributed by atoms with van der Waals surface area (Å²) in [6, 6.07) is 3.69. The van der Waals surface area contributed by atoms with Gasteiger partial charge in [0.25, 0.3) is 5.91 Å². The second kappa shape index (κ2) is 5.17. The van der Waals surface area contributed by atoms with Crippen molar-refractivity contribution in [2.75, 3.05) is 6.54 Å². The van der Waals surface area contributed by atoms with E-state index in [1.165, 1.54) is 0 Å². The lowest BCUT2D eigenvalue weighted by Gasteiger charge is -2.04. The van der Waals surface area contributed by atoms with E-state index < -0.39 is 0 Å². The van der Waals surface area contributed by atoms with Crippen LogP contribution in [0.15, 0.2) is 31.0 Å². The normalized spacial score (nSPS) is 9.50. The molecule has 3 nitrogen and oxygen atoms in total. The van der Waals surface area contributed by atoms with E-state index in [1.807, 2.05) is 19.1 Å². The zero-order valence-electron chi connectivity index (χ0n) is 8.29. The van der Waals surface area contributed by atoms with E-state index in [4.69, 9.17) is 0 Å². The Balaban J connectivity index is 2.60. The molecule has 0 radical (unpaired) electrons. The van der Waals surface area contributed by atoms with E-state index in [1.54, 1.807) is 12.3 Å². The van der Waals surface area contributed by atoms with E-state index in [0.29, 0.717) is 12.2 Å². The highest BCUT2D eigenvalue weighted by atomic mass is 16.1. The van der Waals surface area contributed by atoms with Gasteiger partial charge in [-0.15, -0.1) is 6.58 Å². The van der Waals surface area contributed by atoms with Gasteiger partial charge < -0.3 is 5.32 Å². The molecule has 0 saturated carbocycles. The van der Waals surface area contributed by atoms with Crippen LogP contribution in [0.5, 0.6) is 0 Å². The molecule has 1 heterocycles. The summed E-state index contributed by atoms with van der Waals surface area (Å²) in [7, 11) is 0. The third-order valence-electron chi connectivity index (χ3n) is 1.86. The summed E-state index contributed by atoms with van der Waals surface area (Å²) < 4.78 is 0. The average molecular weight is 190 g/mol. The first-order valence-corrected chi connectivity index (χ1v) is 4.56. The molecule has 0 aromatic carbocycles. The van der Waals surface area contributed by atoms with Crippen molar-refractivity contribution in [3.63, 3.8) is 0 Å². The van der Waals surface area contributed by atoms with Crippen molar-refractivity contribution < 1.29 is 4.79 Å². The van der Waals surface area contributed by atoms with Crippen molar-refractivity contribution in [1.29, 1.82) is 0 Å². The Hall–Kier alpha value is -1.64. The summed E-state index contributed by atoms with van der Waals surface area (Å²) in [5.41, 5.74) is 1.39. The summed E-state index contributed by atoms with van der Waals surface area (Å²) in [6.45, 7) is 6.06. The minimum atomic E-state index is -0.120. The first kappa shape index (κ1) is 10.4. The predicted octanol–water partition coefficient (Wildman–Crippen LogP) is 1.70. The summed E-state index contributed by atoms with van der Waals surface area (Å²) in [4.78, 5) is 15.6. The van der Waals surface area contributed by atoms with Crippen LogP contribution in [0.2, 0.25) is 0 Å². The zero-order chi connectivity index (χ0) is 10.4. The molecular formula is C11H14N2O. The largest absolute Gasteiger partial charge is 0.350 e. The Labute approximate surface area is 83.9 Å². The molecule has 3 heteroatoms. The smallest absolute Gasteiger partial charge is 0.270 e. The zero-order valence-corrected chi connectivity index (χ0v) is 8.29. The van der Waals surface area contributed by atoms with Gasteiger partial charge in [-0.05, 0) is 25.0 Å². The molecular weight excluding hydrogens is 176 g/mol. The monoisotopic (exact) mass is 190 g/mol. The van der Waals surface area contributed by atoms with Crippen molar-refractivity contribution in [3.8, 4) is 0 Å². The van der Waals surface area contributed by atoms with Crippen LogP contribution in [0.3, 0.4) is 0 Å². The molecule has 0 fully saturated rings. The fourth-order valence-electron chi connectivity index (χ4n) is 1.09. The third kappa shape index (κ3) is 2.69. The van der Waals surface area contributed by atoms with E-state index in [9.17, 15) is 4.79 Å². The number of pyridine rings is 1. The fraction of sp³-hybridized carbons (Fsp3) is 0.273. The molecule has 1 N–H and O–H groups in total. The molecule has 0 unspecified atom stereocenters. The van der Waals surface area contributed by atoms with E-state index in [2.05, 4.69) is 16.9 Å². The van der Waals surface area contributed by atoms with Gasteiger partial charge in [-0.1, -0.05) is 12.1 Å². The molecule has 0 aliphatic heterocycles. The van der Waals surface area contributed by atoms with Crippen molar-refractivity contribution in [3.05, 3.63) is 42.2 Å². The van der Waals surface area contributed by atoms with Gasteiger partial charge in [0.05, 0.1) is 0 Å². The Kier molecular flexibility index (Phi) is 3.85. The van der Waals surface area contributed by atoms with Crippen LogP contribution in [0.1, 0.15) is 22.5 Å². The van der Waals surface area contributed by atoms with E-state index in [-0.39, 0.29) is 5.91 Å². The first-order valence-electron chi connectivity index (χ1n) is 4.56. The van der Waals surface area contributed by atoms with Gasteiger partial charge in [-0.2, -0.15) is 0 Å². The van der Waals surface area contributed by atoms with Gasteiger partial charge in [0.15, 0.2) is 0 Å². The number of rotatable bonds is 4. The maximum absolute atomic E-state index is 11.5. The van der Waals surface area contributed by atoms with Gasteiger partial charge in [0.1, 0.15) is 5.69 Å². The topological polar surface area (TPSA) is 42.0 Å². The Morgan fingerprint density at radius 2 is 2.50 bits per heavy atom. The second-order valence-corrected chi connectivity index (χ2v) is 3.00.